The molecule has 1 aliphatic heterocycles. The van der Waals surface area contributed by atoms with Crippen molar-refractivity contribution in [1.29, 1.82) is 0 Å². The number of hydrogen-bond acceptors (Lipinski definition) is 2. The predicted molar refractivity (Wildman–Crippen MR) is 85.0 cm³/mol. The maximum absolute atomic E-state index is 13.4. The van der Waals surface area contributed by atoms with Gasteiger partial charge in [-0.3, -0.25) is 0 Å². The van der Waals surface area contributed by atoms with E-state index in [-0.39, 0.29) is 5.82 Å². The summed E-state index contributed by atoms with van der Waals surface area (Å²) in [5, 5.41) is 3.77. The second kappa shape index (κ2) is 6.89. The molecule has 0 bridgehead atoms. The number of hydrogen-bond donors (Lipinski definition) is 1. The van der Waals surface area contributed by atoms with E-state index in [1.54, 1.807) is 6.07 Å². The van der Waals surface area contributed by atoms with Gasteiger partial charge in [0.15, 0.2) is 0 Å². The average Bonchev–Trinajstić information content (AvgIpc) is 2.98. The summed E-state index contributed by atoms with van der Waals surface area (Å²) in [5.74, 6) is 1.21. The minimum atomic E-state index is -0.115. The summed E-state index contributed by atoms with van der Waals surface area (Å²) >= 11 is 0. The fourth-order valence-electron chi connectivity index (χ4n) is 4.02. The van der Waals surface area contributed by atoms with Gasteiger partial charge in [-0.05, 0) is 62.4 Å². The summed E-state index contributed by atoms with van der Waals surface area (Å²) < 4.78 is 13.4. The molecule has 2 aliphatic rings. The Morgan fingerprint density at radius 1 is 1.24 bits per heavy atom. The van der Waals surface area contributed by atoms with Crippen molar-refractivity contribution in [1.82, 2.24) is 10.2 Å². The van der Waals surface area contributed by atoms with Gasteiger partial charge in [-0.25, -0.2) is 4.39 Å². The Labute approximate surface area is 127 Å². The fraction of sp³-hybridized carbons (Fsp3) is 0.667. The Morgan fingerprint density at radius 3 is 2.81 bits per heavy atom. The van der Waals surface area contributed by atoms with Crippen LogP contribution in [0.25, 0.3) is 0 Å². The molecule has 116 valence electrons. The van der Waals surface area contributed by atoms with Gasteiger partial charge in [-0.1, -0.05) is 25.0 Å². The molecule has 0 aromatic heterocycles. The maximum atomic E-state index is 13.4. The molecule has 1 heterocycles. The Bertz CT molecular complexity index is 456. The van der Waals surface area contributed by atoms with Crippen LogP contribution in [0.15, 0.2) is 24.3 Å². The molecule has 2 unspecified atom stereocenters. The van der Waals surface area contributed by atoms with E-state index in [2.05, 4.69) is 23.3 Å². The second-order valence-electron chi connectivity index (χ2n) is 6.96. The third-order valence-corrected chi connectivity index (χ3v) is 5.12. The Balaban J connectivity index is 1.58. The summed E-state index contributed by atoms with van der Waals surface area (Å²) in [5.41, 5.74) is 1.15. The van der Waals surface area contributed by atoms with Gasteiger partial charge >= 0.3 is 0 Å². The first-order valence-electron chi connectivity index (χ1n) is 8.38. The molecule has 3 rings (SSSR count). The van der Waals surface area contributed by atoms with E-state index >= 15 is 0 Å². The highest BCUT2D eigenvalue weighted by atomic mass is 19.1. The van der Waals surface area contributed by atoms with Crippen LogP contribution < -0.4 is 5.32 Å². The van der Waals surface area contributed by atoms with Crippen molar-refractivity contribution in [3.63, 3.8) is 0 Å². The quantitative estimate of drug-likeness (QED) is 0.914. The van der Waals surface area contributed by atoms with E-state index in [1.807, 2.05) is 6.07 Å². The van der Waals surface area contributed by atoms with E-state index in [0.29, 0.717) is 12.0 Å². The average molecular weight is 290 g/mol. The van der Waals surface area contributed by atoms with Crippen LogP contribution in [0.2, 0.25) is 0 Å². The SMILES string of the molecule is CN1CC(NCC2CCCC2)CC(c2cccc(F)c2)C1. The summed E-state index contributed by atoms with van der Waals surface area (Å²) in [6, 6.07) is 7.68. The van der Waals surface area contributed by atoms with E-state index in [4.69, 9.17) is 0 Å². The minimum Gasteiger partial charge on any atom is -0.312 e. The number of likely N-dealkylation sites (N-methyl/N-ethyl adjacent to an activating group) is 1. The van der Waals surface area contributed by atoms with Crippen molar-refractivity contribution in [3.05, 3.63) is 35.6 Å². The van der Waals surface area contributed by atoms with Crippen molar-refractivity contribution in [3.8, 4) is 0 Å². The van der Waals surface area contributed by atoms with Gasteiger partial charge < -0.3 is 10.2 Å². The van der Waals surface area contributed by atoms with Gasteiger partial charge in [0.05, 0.1) is 0 Å². The summed E-state index contributed by atoms with van der Waals surface area (Å²) in [6.07, 6.45) is 6.72. The molecule has 21 heavy (non-hydrogen) atoms. The number of likely N-dealkylation sites (tertiary alicyclic amines) is 1. The topological polar surface area (TPSA) is 15.3 Å². The van der Waals surface area contributed by atoms with Crippen molar-refractivity contribution < 1.29 is 4.39 Å². The molecule has 1 saturated heterocycles. The fourth-order valence-corrected chi connectivity index (χ4v) is 4.02. The molecule has 2 fully saturated rings. The lowest BCUT2D eigenvalue weighted by Gasteiger charge is -2.37. The first-order chi connectivity index (χ1) is 10.2. The molecule has 1 aromatic carbocycles. The number of benzene rings is 1. The highest BCUT2D eigenvalue weighted by Crippen LogP contribution is 2.28. The van der Waals surface area contributed by atoms with Crippen LogP contribution in [-0.4, -0.2) is 37.6 Å². The summed E-state index contributed by atoms with van der Waals surface area (Å²) in [7, 11) is 2.18. The number of rotatable bonds is 4. The van der Waals surface area contributed by atoms with Gasteiger partial charge in [0.25, 0.3) is 0 Å². The first-order valence-corrected chi connectivity index (χ1v) is 8.38. The molecule has 1 N–H and O–H groups in total. The zero-order valence-corrected chi connectivity index (χ0v) is 13.0. The van der Waals surface area contributed by atoms with Gasteiger partial charge in [-0.2, -0.15) is 0 Å². The van der Waals surface area contributed by atoms with Gasteiger partial charge in [-0.15, -0.1) is 0 Å². The highest BCUT2D eigenvalue weighted by molar-refractivity contribution is 5.22. The van der Waals surface area contributed by atoms with E-state index < -0.39 is 0 Å². The van der Waals surface area contributed by atoms with E-state index in [0.717, 1.165) is 37.5 Å². The molecule has 2 nitrogen and oxygen atoms in total. The smallest absolute Gasteiger partial charge is 0.123 e. The number of halogens is 1. The molecule has 0 radical (unpaired) electrons. The van der Waals surface area contributed by atoms with Crippen LogP contribution in [-0.2, 0) is 0 Å². The van der Waals surface area contributed by atoms with Crippen molar-refractivity contribution in [2.75, 3.05) is 26.7 Å². The lowest BCUT2D eigenvalue weighted by atomic mass is 9.88. The standard InChI is InChI=1S/C18H27FN2/c1-21-12-16(15-7-4-8-17(19)9-15)10-18(13-21)20-11-14-5-2-3-6-14/h4,7-9,14,16,18,20H,2-3,5-6,10-13H2,1H3. The van der Waals surface area contributed by atoms with Crippen molar-refractivity contribution in [2.45, 2.75) is 44.1 Å². The van der Waals surface area contributed by atoms with Crippen LogP contribution in [0.3, 0.4) is 0 Å². The molecule has 1 saturated carbocycles. The molecule has 2 atom stereocenters. The number of piperidine rings is 1. The van der Waals surface area contributed by atoms with Crippen LogP contribution in [0.1, 0.15) is 43.6 Å². The molecular formula is C18H27FN2. The van der Waals surface area contributed by atoms with E-state index in [9.17, 15) is 4.39 Å². The van der Waals surface area contributed by atoms with Crippen LogP contribution in [0, 0.1) is 11.7 Å². The number of nitrogens with zero attached hydrogens (tertiary/aromatic N) is 1. The van der Waals surface area contributed by atoms with Gasteiger partial charge in [0, 0.05) is 19.1 Å². The maximum Gasteiger partial charge on any atom is 0.123 e. The van der Waals surface area contributed by atoms with Crippen molar-refractivity contribution >= 4 is 0 Å². The minimum absolute atomic E-state index is 0.115. The third-order valence-electron chi connectivity index (χ3n) is 5.12. The molecule has 1 aromatic rings. The summed E-state index contributed by atoms with van der Waals surface area (Å²) in [4.78, 5) is 2.38. The lowest BCUT2D eigenvalue weighted by Crippen LogP contribution is -2.47. The third kappa shape index (κ3) is 4.04. The van der Waals surface area contributed by atoms with Crippen LogP contribution in [0.4, 0.5) is 4.39 Å². The Morgan fingerprint density at radius 2 is 2.05 bits per heavy atom. The van der Waals surface area contributed by atoms with Crippen molar-refractivity contribution in [2.24, 2.45) is 5.92 Å². The monoisotopic (exact) mass is 290 g/mol. The largest absolute Gasteiger partial charge is 0.312 e. The first kappa shape index (κ1) is 15.0. The molecule has 3 heteroatoms. The molecule has 1 aliphatic carbocycles. The molecular weight excluding hydrogens is 263 g/mol. The Kier molecular flexibility index (Phi) is 4.91. The van der Waals surface area contributed by atoms with Crippen LogP contribution >= 0.6 is 0 Å². The second-order valence-corrected chi connectivity index (χ2v) is 6.96. The van der Waals surface area contributed by atoms with Gasteiger partial charge in [0.1, 0.15) is 5.82 Å². The molecule has 0 spiro atoms. The lowest BCUT2D eigenvalue weighted by molar-refractivity contribution is 0.200. The zero-order valence-electron chi connectivity index (χ0n) is 13.0. The zero-order chi connectivity index (χ0) is 14.7. The number of nitrogens with one attached hydrogen (secondary N) is 1. The van der Waals surface area contributed by atoms with Crippen LogP contribution in [0.5, 0.6) is 0 Å². The van der Waals surface area contributed by atoms with E-state index in [1.165, 1.54) is 31.7 Å². The predicted octanol–water partition coefficient (Wildman–Crippen LogP) is 3.39. The Hall–Kier alpha value is -0.930. The normalized spacial score (nSPS) is 28.1. The molecule has 0 amide bonds. The van der Waals surface area contributed by atoms with Gasteiger partial charge in [0.2, 0.25) is 0 Å². The summed E-state index contributed by atoms with van der Waals surface area (Å²) in [6.45, 7) is 3.30. The highest BCUT2D eigenvalue weighted by Gasteiger charge is 2.27.